The average Bonchev–Trinajstić information content (AvgIpc) is 2.88. The molecule has 0 radical (unpaired) electrons. The molecule has 1 aliphatic rings. The summed E-state index contributed by atoms with van der Waals surface area (Å²) in [6.45, 7) is 3.81. The van der Waals surface area contributed by atoms with Crippen LogP contribution >= 0.6 is 11.8 Å². The fourth-order valence-corrected chi connectivity index (χ4v) is 4.50. The van der Waals surface area contributed by atoms with E-state index in [9.17, 15) is 4.79 Å². The van der Waals surface area contributed by atoms with Gasteiger partial charge < -0.3 is 5.32 Å². The molecule has 25 heavy (non-hydrogen) atoms. The summed E-state index contributed by atoms with van der Waals surface area (Å²) in [5.41, 5.74) is 5.57. The van der Waals surface area contributed by atoms with E-state index in [1.807, 2.05) is 44.8 Å². The molecule has 0 saturated heterocycles. The predicted octanol–water partition coefficient (Wildman–Crippen LogP) is 3.30. The van der Waals surface area contributed by atoms with Crippen molar-refractivity contribution in [3.05, 3.63) is 58.4 Å². The third-order valence-electron chi connectivity index (χ3n) is 4.71. The zero-order chi connectivity index (χ0) is 17.6. The molecule has 0 spiro atoms. The number of carbonyl (C=O) groups excluding carboxylic acids is 1. The molecule has 4 rings (SSSR count). The lowest BCUT2D eigenvalue weighted by Gasteiger charge is -2.26. The number of rotatable bonds is 2. The van der Waals surface area contributed by atoms with Crippen molar-refractivity contribution in [3.8, 4) is 0 Å². The van der Waals surface area contributed by atoms with E-state index in [1.165, 1.54) is 11.1 Å². The van der Waals surface area contributed by atoms with E-state index < -0.39 is 0 Å². The molecule has 0 bridgehead atoms. The number of nitrogens with one attached hydrogen (secondary N) is 1. The van der Waals surface area contributed by atoms with Crippen molar-refractivity contribution in [1.82, 2.24) is 20.1 Å². The molecule has 1 aromatic carbocycles. The molecular weight excluding hydrogens is 332 g/mol. The van der Waals surface area contributed by atoms with Gasteiger partial charge in [0.05, 0.1) is 23.0 Å². The summed E-state index contributed by atoms with van der Waals surface area (Å²) in [6.07, 6.45) is 0. The molecule has 0 aliphatic carbocycles. The van der Waals surface area contributed by atoms with Crippen LogP contribution in [0.3, 0.4) is 0 Å². The van der Waals surface area contributed by atoms with Crippen molar-refractivity contribution >= 4 is 28.7 Å². The minimum Gasteiger partial charge on any atom is -0.344 e. The summed E-state index contributed by atoms with van der Waals surface area (Å²) in [5, 5.41) is 8.52. The zero-order valence-electron chi connectivity index (χ0n) is 14.5. The highest BCUT2D eigenvalue weighted by molar-refractivity contribution is 7.98. The van der Waals surface area contributed by atoms with Gasteiger partial charge in [0.15, 0.2) is 5.65 Å². The van der Waals surface area contributed by atoms with E-state index >= 15 is 0 Å². The quantitative estimate of drug-likeness (QED) is 0.769. The molecule has 1 unspecified atom stereocenters. The lowest BCUT2D eigenvalue weighted by molar-refractivity contribution is 0.0939. The van der Waals surface area contributed by atoms with Gasteiger partial charge in [0.25, 0.3) is 5.91 Å². The molecule has 0 fully saturated rings. The van der Waals surface area contributed by atoms with Crippen molar-refractivity contribution in [2.45, 2.75) is 25.6 Å². The van der Waals surface area contributed by atoms with Crippen LogP contribution in [0.25, 0.3) is 11.0 Å². The van der Waals surface area contributed by atoms with E-state index in [0.29, 0.717) is 5.56 Å². The van der Waals surface area contributed by atoms with E-state index in [1.54, 1.807) is 4.68 Å². The minimum atomic E-state index is -0.0718. The SMILES string of the molecule is Cc1nc2c(cc1C(=O)NC1CSCc3ccccc31)c(C)nn2C. The normalized spacial score (nSPS) is 16.7. The maximum atomic E-state index is 12.9. The van der Waals surface area contributed by atoms with Crippen molar-refractivity contribution in [2.75, 3.05) is 5.75 Å². The first-order valence-electron chi connectivity index (χ1n) is 8.32. The molecule has 1 N–H and O–H groups in total. The Balaban J connectivity index is 1.67. The smallest absolute Gasteiger partial charge is 0.253 e. The number of benzene rings is 1. The van der Waals surface area contributed by atoms with Crippen molar-refractivity contribution in [2.24, 2.45) is 7.05 Å². The number of pyridine rings is 1. The van der Waals surface area contributed by atoms with Gasteiger partial charge in [0, 0.05) is 23.9 Å². The number of carbonyl (C=O) groups is 1. The van der Waals surface area contributed by atoms with Crippen LogP contribution in [0.15, 0.2) is 30.3 Å². The van der Waals surface area contributed by atoms with Crippen LogP contribution in [-0.2, 0) is 12.8 Å². The Labute approximate surface area is 150 Å². The Kier molecular flexibility index (Phi) is 4.00. The van der Waals surface area contributed by atoms with Crippen LogP contribution in [0.1, 0.15) is 38.9 Å². The molecule has 1 amide bonds. The Morgan fingerprint density at radius 2 is 2.08 bits per heavy atom. The summed E-state index contributed by atoms with van der Waals surface area (Å²) in [7, 11) is 1.87. The Morgan fingerprint density at radius 3 is 2.92 bits per heavy atom. The first-order valence-corrected chi connectivity index (χ1v) is 9.47. The molecule has 1 atom stereocenters. The number of aromatic nitrogens is 3. The Hall–Kier alpha value is -2.34. The van der Waals surface area contributed by atoms with Gasteiger partial charge in [-0.25, -0.2) is 4.98 Å². The second kappa shape index (κ2) is 6.19. The highest BCUT2D eigenvalue weighted by Gasteiger charge is 2.23. The number of hydrogen-bond acceptors (Lipinski definition) is 4. The van der Waals surface area contributed by atoms with Crippen LogP contribution < -0.4 is 5.32 Å². The van der Waals surface area contributed by atoms with E-state index in [-0.39, 0.29) is 11.9 Å². The lowest BCUT2D eigenvalue weighted by Crippen LogP contribution is -2.32. The lowest BCUT2D eigenvalue weighted by atomic mass is 10.0. The molecule has 6 heteroatoms. The van der Waals surface area contributed by atoms with Crippen LogP contribution in [0.5, 0.6) is 0 Å². The molecule has 5 nitrogen and oxygen atoms in total. The fourth-order valence-electron chi connectivity index (χ4n) is 3.40. The fraction of sp³-hybridized carbons (Fsp3) is 0.316. The Bertz CT molecular complexity index is 979. The van der Waals surface area contributed by atoms with Crippen molar-refractivity contribution < 1.29 is 4.79 Å². The van der Waals surface area contributed by atoms with E-state index in [0.717, 1.165) is 33.9 Å². The first-order chi connectivity index (χ1) is 12.0. The minimum absolute atomic E-state index is 0.0348. The second-order valence-electron chi connectivity index (χ2n) is 6.44. The van der Waals surface area contributed by atoms with Gasteiger partial charge in [-0.15, -0.1) is 0 Å². The zero-order valence-corrected chi connectivity index (χ0v) is 15.4. The number of hydrogen-bond donors (Lipinski definition) is 1. The van der Waals surface area contributed by atoms with Gasteiger partial charge in [-0.2, -0.15) is 16.9 Å². The molecule has 3 heterocycles. The van der Waals surface area contributed by atoms with E-state index in [2.05, 4.69) is 33.6 Å². The largest absolute Gasteiger partial charge is 0.344 e. The summed E-state index contributed by atoms with van der Waals surface area (Å²) in [6, 6.07) is 10.3. The predicted molar refractivity (Wildman–Crippen MR) is 101 cm³/mol. The summed E-state index contributed by atoms with van der Waals surface area (Å²) in [5.74, 6) is 1.82. The topological polar surface area (TPSA) is 59.8 Å². The van der Waals surface area contributed by atoms with Crippen LogP contribution in [0.4, 0.5) is 0 Å². The monoisotopic (exact) mass is 352 g/mol. The van der Waals surface area contributed by atoms with Gasteiger partial charge in [-0.05, 0) is 31.0 Å². The molecule has 2 aromatic heterocycles. The maximum Gasteiger partial charge on any atom is 0.253 e. The average molecular weight is 352 g/mol. The van der Waals surface area contributed by atoms with Crippen LogP contribution in [0.2, 0.25) is 0 Å². The first kappa shape index (κ1) is 16.1. The number of thioether (sulfide) groups is 1. The van der Waals surface area contributed by atoms with Gasteiger partial charge in [-0.1, -0.05) is 24.3 Å². The molecular formula is C19H20N4OS. The molecule has 128 valence electrons. The summed E-state index contributed by atoms with van der Waals surface area (Å²) in [4.78, 5) is 17.5. The molecule has 3 aromatic rings. The number of aryl methyl sites for hydroxylation is 3. The van der Waals surface area contributed by atoms with Gasteiger partial charge in [0.2, 0.25) is 0 Å². The standard InChI is InChI=1S/C19H20N4OS/c1-11-16(8-15-12(2)22-23(3)18(15)20-11)19(24)21-17-10-25-9-13-6-4-5-7-14(13)17/h4-8,17H,9-10H2,1-3H3,(H,21,24). The summed E-state index contributed by atoms with van der Waals surface area (Å²) < 4.78 is 1.76. The van der Waals surface area contributed by atoms with Crippen LogP contribution in [-0.4, -0.2) is 26.4 Å². The van der Waals surface area contributed by atoms with Crippen LogP contribution in [0, 0.1) is 13.8 Å². The third kappa shape index (κ3) is 2.80. The van der Waals surface area contributed by atoms with Gasteiger partial charge >= 0.3 is 0 Å². The molecule has 0 saturated carbocycles. The number of nitrogens with zero attached hydrogens (tertiary/aromatic N) is 3. The van der Waals surface area contributed by atoms with Crippen molar-refractivity contribution in [3.63, 3.8) is 0 Å². The Morgan fingerprint density at radius 1 is 1.28 bits per heavy atom. The summed E-state index contributed by atoms with van der Waals surface area (Å²) >= 11 is 1.85. The maximum absolute atomic E-state index is 12.9. The highest BCUT2D eigenvalue weighted by atomic mass is 32.2. The number of fused-ring (bicyclic) bond motifs is 2. The van der Waals surface area contributed by atoms with Crippen molar-refractivity contribution in [1.29, 1.82) is 0 Å². The highest BCUT2D eigenvalue weighted by Crippen LogP contribution is 2.31. The molecule has 1 aliphatic heterocycles. The van der Waals surface area contributed by atoms with Gasteiger partial charge in [0.1, 0.15) is 0 Å². The van der Waals surface area contributed by atoms with Gasteiger partial charge in [-0.3, -0.25) is 9.48 Å². The second-order valence-corrected chi connectivity index (χ2v) is 7.47. The third-order valence-corrected chi connectivity index (χ3v) is 5.80. The van der Waals surface area contributed by atoms with E-state index in [4.69, 9.17) is 0 Å². The number of amides is 1.